The molecule has 7 heteroatoms. The molecule has 0 unspecified atom stereocenters. The number of hydrogen-bond acceptors (Lipinski definition) is 6. The number of carbonyl (C=O) groups is 1. The number of hydrogen-bond donors (Lipinski definition) is 1. The van der Waals surface area contributed by atoms with E-state index in [9.17, 15) is 4.79 Å². The van der Waals surface area contributed by atoms with Crippen molar-refractivity contribution in [3.63, 3.8) is 0 Å². The van der Waals surface area contributed by atoms with E-state index in [0.717, 1.165) is 45.0 Å². The van der Waals surface area contributed by atoms with E-state index in [1.807, 2.05) is 12.1 Å². The second-order valence-corrected chi connectivity index (χ2v) is 6.99. The number of nitrogens with zero attached hydrogens (tertiary/aromatic N) is 4. The molecule has 1 fully saturated rings. The highest BCUT2D eigenvalue weighted by atomic mass is 79.9. The molecule has 1 saturated heterocycles. The Kier molecular flexibility index (Phi) is 5.65. The van der Waals surface area contributed by atoms with Gasteiger partial charge in [0.25, 0.3) is 0 Å². The molecule has 0 aromatic carbocycles. The molecule has 2 aromatic rings. The van der Waals surface area contributed by atoms with Gasteiger partial charge in [0.1, 0.15) is 17.3 Å². The van der Waals surface area contributed by atoms with Crippen molar-refractivity contribution in [1.82, 2.24) is 14.9 Å². The van der Waals surface area contributed by atoms with Crippen LogP contribution in [0.1, 0.15) is 32.2 Å². The van der Waals surface area contributed by atoms with Crippen LogP contribution in [0.5, 0.6) is 0 Å². The largest absolute Gasteiger partial charge is 0.383 e. The third kappa shape index (κ3) is 4.16. The monoisotopic (exact) mass is 407 g/mol. The Morgan fingerprint density at radius 3 is 2.96 bits per heavy atom. The van der Waals surface area contributed by atoms with Gasteiger partial charge in [-0.15, -0.1) is 0 Å². The van der Waals surface area contributed by atoms with E-state index in [1.54, 1.807) is 18.3 Å². The predicted octanol–water partition coefficient (Wildman–Crippen LogP) is 3.08. The molecule has 0 amide bonds. The van der Waals surface area contributed by atoms with Gasteiger partial charge >= 0.3 is 0 Å². The van der Waals surface area contributed by atoms with Gasteiger partial charge in [-0.05, 0) is 53.6 Å². The predicted molar refractivity (Wildman–Crippen MR) is 107 cm³/mol. The molecule has 0 bridgehead atoms. The number of likely N-dealkylation sites (N-methyl/N-ethyl adjacent to an activating group) is 1. The summed E-state index contributed by atoms with van der Waals surface area (Å²) in [5.74, 6) is 0.845. The van der Waals surface area contributed by atoms with Gasteiger partial charge in [0, 0.05) is 33.2 Å². The first kappa shape index (κ1) is 17.8. The van der Waals surface area contributed by atoms with Gasteiger partial charge in [-0.2, -0.15) is 0 Å². The minimum atomic E-state index is -0.210. The number of halogens is 1. The fourth-order valence-corrected chi connectivity index (χ4v) is 3.34. The number of rotatable bonds is 4. The number of carbonyl (C=O) groups excluding carboxylic acids is 1. The van der Waals surface area contributed by atoms with E-state index in [2.05, 4.69) is 42.6 Å². The summed E-state index contributed by atoms with van der Waals surface area (Å²) in [4.78, 5) is 26.1. The fraction of sp³-hybridized carbons (Fsp3) is 0.389. The fourth-order valence-electron chi connectivity index (χ4n) is 3.01. The number of pyridine rings is 2. The number of ketones is 1. The van der Waals surface area contributed by atoms with Crippen molar-refractivity contribution in [3.05, 3.63) is 46.2 Å². The Balaban J connectivity index is 0.00000182. The van der Waals surface area contributed by atoms with Crippen molar-refractivity contribution in [2.24, 2.45) is 0 Å². The third-order valence-corrected chi connectivity index (χ3v) is 4.89. The van der Waals surface area contributed by atoms with Crippen molar-refractivity contribution >= 4 is 33.3 Å². The van der Waals surface area contributed by atoms with Gasteiger partial charge in [0.15, 0.2) is 0 Å². The van der Waals surface area contributed by atoms with Crippen LogP contribution in [-0.4, -0.2) is 53.4 Å². The molecule has 0 spiro atoms. The quantitative estimate of drug-likeness (QED) is 0.784. The van der Waals surface area contributed by atoms with Crippen LogP contribution in [0, 0.1) is 0 Å². The summed E-state index contributed by atoms with van der Waals surface area (Å²) in [6, 6.07) is 7.24. The summed E-state index contributed by atoms with van der Waals surface area (Å²) in [5.41, 5.74) is 6.62. The van der Waals surface area contributed by atoms with Crippen molar-refractivity contribution in [2.45, 2.75) is 13.3 Å². The second-order valence-electron chi connectivity index (χ2n) is 6.07. The number of anilines is 2. The summed E-state index contributed by atoms with van der Waals surface area (Å²) < 4.78 is 0.716. The molecule has 0 saturated carbocycles. The SMILES string of the molecule is CCN1CCCN(c2cccc(C(=O)c3cc(Br)cnc3N)n2)CC1.[HH].[HH]. The third-order valence-electron chi connectivity index (χ3n) is 4.46. The lowest BCUT2D eigenvalue weighted by Crippen LogP contribution is -2.31. The van der Waals surface area contributed by atoms with Gasteiger partial charge in [-0.3, -0.25) is 4.79 Å². The first-order chi connectivity index (χ1) is 12.1. The van der Waals surface area contributed by atoms with Crippen LogP contribution in [0.4, 0.5) is 11.6 Å². The highest BCUT2D eigenvalue weighted by molar-refractivity contribution is 9.10. The molecule has 25 heavy (non-hydrogen) atoms. The summed E-state index contributed by atoms with van der Waals surface area (Å²) in [6.07, 6.45) is 2.67. The van der Waals surface area contributed by atoms with E-state index in [4.69, 9.17) is 5.73 Å². The zero-order valence-corrected chi connectivity index (χ0v) is 15.9. The summed E-state index contributed by atoms with van der Waals surface area (Å²) in [6.45, 7) is 7.23. The van der Waals surface area contributed by atoms with Crippen LogP contribution in [0.2, 0.25) is 0 Å². The molecular formula is C18H26BrN5O. The first-order valence-electron chi connectivity index (χ1n) is 8.48. The summed E-state index contributed by atoms with van der Waals surface area (Å²) in [7, 11) is 0. The van der Waals surface area contributed by atoms with Crippen molar-refractivity contribution in [3.8, 4) is 0 Å². The molecule has 3 rings (SSSR count). The highest BCUT2D eigenvalue weighted by Crippen LogP contribution is 2.20. The maximum Gasteiger partial charge on any atom is 0.215 e. The molecule has 0 aliphatic carbocycles. The molecule has 1 aliphatic heterocycles. The molecule has 6 nitrogen and oxygen atoms in total. The minimum absolute atomic E-state index is 0. The molecule has 0 atom stereocenters. The Hall–Kier alpha value is -1.99. The number of aromatic nitrogens is 2. The minimum Gasteiger partial charge on any atom is -0.383 e. The lowest BCUT2D eigenvalue weighted by molar-refractivity contribution is 0.103. The molecule has 3 heterocycles. The lowest BCUT2D eigenvalue weighted by atomic mass is 10.1. The summed E-state index contributed by atoms with van der Waals surface area (Å²) >= 11 is 3.33. The van der Waals surface area contributed by atoms with Crippen LogP contribution in [0.25, 0.3) is 0 Å². The van der Waals surface area contributed by atoms with Crippen LogP contribution >= 0.6 is 15.9 Å². The Labute approximate surface area is 159 Å². The Morgan fingerprint density at radius 2 is 2.16 bits per heavy atom. The van der Waals surface area contributed by atoms with Gasteiger partial charge < -0.3 is 15.5 Å². The van der Waals surface area contributed by atoms with Crippen molar-refractivity contribution in [1.29, 1.82) is 0 Å². The molecule has 0 radical (unpaired) electrons. The molecule has 2 aromatic heterocycles. The second kappa shape index (κ2) is 7.93. The maximum atomic E-state index is 12.8. The Bertz CT molecular complexity index is 777. The van der Waals surface area contributed by atoms with E-state index in [0.29, 0.717) is 15.7 Å². The van der Waals surface area contributed by atoms with Gasteiger partial charge in [0.2, 0.25) is 5.78 Å². The average Bonchev–Trinajstić information content (AvgIpc) is 2.89. The first-order valence-corrected chi connectivity index (χ1v) is 9.28. The zero-order valence-electron chi connectivity index (χ0n) is 14.3. The maximum absolute atomic E-state index is 12.8. The normalized spacial score (nSPS) is 15.8. The smallest absolute Gasteiger partial charge is 0.215 e. The molecule has 2 N–H and O–H groups in total. The zero-order chi connectivity index (χ0) is 17.8. The van der Waals surface area contributed by atoms with E-state index >= 15 is 0 Å². The average molecular weight is 408 g/mol. The van der Waals surface area contributed by atoms with E-state index in [1.165, 1.54) is 0 Å². The van der Waals surface area contributed by atoms with Crippen LogP contribution in [0.15, 0.2) is 34.9 Å². The van der Waals surface area contributed by atoms with Gasteiger partial charge in [-0.25, -0.2) is 9.97 Å². The van der Waals surface area contributed by atoms with Crippen molar-refractivity contribution < 1.29 is 7.65 Å². The van der Waals surface area contributed by atoms with Crippen LogP contribution in [-0.2, 0) is 0 Å². The molecule has 136 valence electrons. The lowest BCUT2D eigenvalue weighted by Gasteiger charge is -2.22. The molecule has 1 aliphatic rings. The van der Waals surface area contributed by atoms with E-state index < -0.39 is 0 Å². The number of nitrogen functional groups attached to an aromatic ring is 1. The standard InChI is InChI=1S/C18H22BrN5O.2H2/c1-2-23-7-4-8-24(10-9-23)16-6-3-5-15(22-16)17(25)14-11-13(19)12-21-18(14)20;;/h3,5-6,11-12H,2,4,7-10H2,1H3,(H2,20,21);2*1H. The number of nitrogens with two attached hydrogens (primary N) is 1. The van der Waals surface area contributed by atoms with Crippen molar-refractivity contribution in [2.75, 3.05) is 43.4 Å². The van der Waals surface area contributed by atoms with E-state index in [-0.39, 0.29) is 14.5 Å². The molecular weight excluding hydrogens is 382 g/mol. The highest BCUT2D eigenvalue weighted by Gasteiger charge is 2.19. The van der Waals surface area contributed by atoms with Crippen LogP contribution < -0.4 is 10.6 Å². The van der Waals surface area contributed by atoms with Gasteiger partial charge in [0.05, 0.1) is 5.56 Å². The summed E-state index contributed by atoms with van der Waals surface area (Å²) in [5, 5.41) is 0. The van der Waals surface area contributed by atoms with Crippen LogP contribution in [0.3, 0.4) is 0 Å². The van der Waals surface area contributed by atoms with Gasteiger partial charge in [-0.1, -0.05) is 13.0 Å². The Morgan fingerprint density at radius 1 is 1.32 bits per heavy atom. The topological polar surface area (TPSA) is 75.3 Å².